The van der Waals surface area contributed by atoms with Gasteiger partial charge in [-0.3, -0.25) is 4.79 Å². The van der Waals surface area contributed by atoms with Crippen LogP contribution in [0.15, 0.2) is 18.2 Å². The van der Waals surface area contributed by atoms with E-state index in [4.69, 9.17) is 21.4 Å². The van der Waals surface area contributed by atoms with E-state index in [1.165, 1.54) is 26.2 Å². The van der Waals surface area contributed by atoms with Crippen LogP contribution in [-0.2, 0) is 14.3 Å². The van der Waals surface area contributed by atoms with Crippen LogP contribution in [0.4, 0.5) is 4.39 Å². The van der Waals surface area contributed by atoms with E-state index in [0.29, 0.717) is 0 Å². The van der Waals surface area contributed by atoms with Gasteiger partial charge in [-0.2, -0.15) is 0 Å². The number of aliphatic carboxylic acids is 1. The number of methoxy groups -OCH3 is 1. The first kappa shape index (κ1) is 15.4. The first-order valence-electron chi connectivity index (χ1n) is 5.37. The minimum absolute atomic E-state index is 0.0889. The predicted octanol–water partition coefficient (Wildman–Crippen LogP) is 1.76. The van der Waals surface area contributed by atoms with Gasteiger partial charge in [0.15, 0.2) is 6.04 Å². The number of amides is 1. The molecule has 0 aliphatic carbocycles. The molecule has 1 aromatic carbocycles. The Balaban J connectivity index is 2.98. The molecular formula is C12H13ClFNO4. The highest BCUT2D eigenvalue weighted by Gasteiger charge is 2.25. The Bertz CT molecular complexity index is 495. The smallest absolute Gasteiger partial charge is 0.330 e. The number of rotatable bonds is 5. The highest BCUT2D eigenvalue weighted by atomic mass is 35.5. The van der Waals surface area contributed by atoms with Crippen molar-refractivity contribution in [1.82, 2.24) is 5.32 Å². The van der Waals surface area contributed by atoms with E-state index >= 15 is 0 Å². The Morgan fingerprint density at radius 3 is 2.58 bits per heavy atom. The molecule has 2 atom stereocenters. The molecule has 104 valence electrons. The van der Waals surface area contributed by atoms with E-state index in [2.05, 4.69) is 5.32 Å². The van der Waals surface area contributed by atoms with E-state index in [9.17, 15) is 14.0 Å². The van der Waals surface area contributed by atoms with Gasteiger partial charge in [0.05, 0.1) is 5.02 Å². The molecule has 1 rings (SSSR count). The monoisotopic (exact) mass is 289 g/mol. The fourth-order valence-corrected chi connectivity index (χ4v) is 1.46. The summed E-state index contributed by atoms with van der Waals surface area (Å²) in [4.78, 5) is 22.7. The van der Waals surface area contributed by atoms with Crippen molar-refractivity contribution in [1.29, 1.82) is 0 Å². The fourth-order valence-electron chi connectivity index (χ4n) is 1.35. The summed E-state index contributed by atoms with van der Waals surface area (Å²) in [5.74, 6) is -2.66. The lowest BCUT2D eigenvalue weighted by atomic mass is 10.1. The quantitative estimate of drug-likeness (QED) is 0.866. The Hall–Kier alpha value is -1.66. The van der Waals surface area contributed by atoms with Crippen molar-refractivity contribution in [2.75, 3.05) is 7.11 Å². The van der Waals surface area contributed by atoms with E-state index in [1.54, 1.807) is 0 Å². The van der Waals surface area contributed by atoms with Crippen LogP contribution in [0.25, 0.3) is 0 Å². The third-order valence-electron chi connectivity index (χ3n) is 2.53. The summed E-state index contributed by atoms with van der Waals surface area (Å²) in [6.07, 6.45) is -0.806. The fraction of sp³-hybridized carbons (Fsp3) is 0.333. The van der Waals surface area contributed by atoms with Crippen LogP contribution in [0.2, 0.25) is 5.02 Å². The van der Waals surface area contributed by atoms with Crippen LogP contribution in [0, 0.1) is 5.82 Å². The number of nitrogens with one attached hydrogen (secondary N) is 1. The second kappa shape index (κ2) is 6.49. The lowest BCUT2D eigenvalue weighted by Gasteiger charge is -2.17. The summed E-state index contributed by atoms with van der Waals surface area (Å²) in [6.45, 7) is 1.47. The number of carbonyl (C=O) groups excluding carboxylic acids is 1. The molecule has 19 heavy (non-hydrogen) atoms. The van der Waals surface area contributed by atoms with Gasteiger partial charge < -0.3 is 15.2 Å². The zero-order chi connectivity index (χ0) is 14.6. The Labute approximate surface area is 114 Å². The number of carbonyl (C=O) groups is 2. The molecule has 2 unspecified atom stereocenters. The van der Waals surface area contributed by atoms with Gasteiger partial charge in [0.1, 0.15) is 11.9 Å². The number of hydrogen-bond donors (Lipinski definition) is 2. The van der Waals surface area contributed by atoms with Gasteiger partial charge in [-0.05, 0) is 24.6 Å². The lowest BCUT2D eigenvalue weighted by Crippen LogP contribution is -2.39. The van der Waals surface area contributed by atoms with Crippen molar-refractivity contribution < 1.29 is 23.8 Å². The molecule has 1 aromatic rings. The van der Waals surface area contributed by atoms with Crippen LogP contribution < -0.4 is 5.32 Å². The molecule has 0 saturated heterocycles. The number of hydrogen-bond acceptors (Lipinski definition) is 3. The summed E-state index contributed by atoms with van der Waals surface area (Å²) < 4.78 is 18.1. The molecule has 1 amide bonds. The third-order valence-corrected chi connectivity index (χ3v) is 2.84. The van der Waals surface area contributed by atoms with Crippen LogP contribution in [0.3, 0.4) is 0 Å². The molecule has 0 radical (unpaired) electrons. The van der Waals surface area contributed by atoms with Gasteiger partial charge in [0.25, 0.3) is 0 Å². The Kier molecular flexibility index (Phi) is 5.26. The lowest BCUT2D eigenvalue weighted by molar-refractivity contribution is -0.143. The van der Waals surface area contributed by atoms with Gasteiger partial charge in [0.2, 0.25) is 5.91 Å². The third kappa shape index (κ3) is 3.90. The average Bonchev–Trinajstić information content (AvgIpc) is 2.37. The number of halogens is 2. The highest BCUT2D eigenvalue weighted by molar-refractivity contribution is 6.30. The molecule has 5 nitrogen and oxygen atoms in total. The van der Waals surface area contributed by atoms with E-state index < -0.39 is 29.8 Å². The van der Waals surface area contributed by atoms with Crippen molar-refractivity contribution in [2.24, 2.45) is 0 Å². The van der Waals surface area contributed by atoms with Crippen LogP contribution in [0.1, 0.15) is 18.5 Å². The number of benzene rings is 1. The van der Waals surface area contributed by atoms with Crippen LogP contribution in [-0.4, -0.2) is 30.2 Å². The minimum atomic E-state index is -1.36. The molecular weight excluding hydrogens is 277 g/mol. The minimum Gasteiger partial charge on any atom is -0.479 e. The molecule has 2 N–H and O–H groups in total. The Morgan fingerprint density at radius 2 is 2.11 bits per heavy atom. The standard InChI is InChI=1S/C12H13ClFNO4/c1-6(19-2)11(16)15-10(12(17)18)7-3-4-8(13)9(14)5-7/h3-6,10H,1-2H3,(H,15,16)(H,17,18). The zero-order valence-corrected chi connectivity index (χ0v) is 11.1. The summed E-state index contributed by atoms with van der Waals surface area (Å²) in [5.41, 5.74) is 0.0889. The molecule has 0 saturated carbocycles. The van der Waals surface area contributed by atoms with Crippen molar-refractivity contribution in [3.63, 3.8) is 0 Å². The van der Waals surface area contributed by atoms with Crippen LogP contribution in [0.5, 0.6) is 0 Å². The summed E-state index contributed by atoms with van der Waals surface area (Å²) in [7, 11) is 1.32. The van der Waals surface area contributed by atoms with Crippen molar-refractivity contribution >= 4 is 23.5 Å². The molecule has 0 heterocycles. The molecule has 0 fully saturated rings. The first-order valence-corrected chi connectivity index (χ1v) is 5.75. The summed E-state index contributed by atoms with van der Waals surface area (Å²) in [6, 6.07) is 2.17. The van der Waals surface area contributed by atoms with Gasteiger partial charge in [-0.1, -0.05) is 17.7 Å². The van der Waals surface area contributed by atoms with Crippen molar-refractivity contribution in [3.05, 3.63) is 34.6 Å². The maximum absolute atomic E-state index is 13.3. The van der Waals surface area contributed by atoms with Crippen molar-refractivity contribution in [2.45, 2.75) is 19.1 Å². The molecule has 7 heteroatoms. The van der Waals surface area contributed by atoms with E-state index in [-0.39, 0.29) is 10.6 Å². The number of carboxylic acid groups (broad SMARTS) is 1. The SMILES string of the molecule is COC(C)C(=O)NC(C(=O)O)c1ccc(Cl)c(F)c1. The number of ether oxygens (including phenoxy) is 1. The number of carboxylic acids is 1. The maximum Gasteiger partial charge on any atom is 0.330 e. The van der Waals surface area contributed by atoms with Gasteiger partial charge >= 0.3 is 5.97 Å². The Morgan fingerprint density at radius 1 is 1.47 bits per heavy atom. The molecule has 0 spiro atoms. The summed E-state index contributed by atoms with van der Waals surface area (Å²) >= 11 is 5.51. The van der Waals surface area contributed by atoms with Crippen LogP contribution >= 0.6 is 11.6 Å². The van der Waals surface area contributed by atoms with Crippen molar-refractivity contribution in [3.8, 4) is 0 Å². The maximum atomic E-state index is 13.3. The topological polar surface area (TPSA) is 75.6 Å². The molecule has 0 aliphatic heterocycles. The molecule has 0 aliphatic rings. The van der Waals surface area contributed by atoms with Gasteiger partial charge in [-0.25, -0.2) is 9.18 Å². The second-order valence-corrected chi connectivity index (χ2v) is 4.24. The second-order valence-electron chi connectivity index (χ2n) is 3.83. The van der Waals surface area contributed by atoms with E-state index in [1.807, 2.05) is 0 Å². The van der Waals surface area contributed by atoms with Gasteiger partial charge in [-0.15, -0.1) is 0 Å². The molecule has 0 bridgehead atoms. The molecule has 0 aromatic heterocycles. The van der Waals surface area contributed by atoms with E-state index in [0.717, 1.165) is 6.07 Å². The highest BCUT2D eigenvalue weighted by Crippen LogP contribution is 2.20. The zero-order valence-electron chi connectivity index (χ0n) is 10.3. The largest absolute Gasteiger partial charge is 0.479 e. The normalized spacial score (nSPS) is 13.7. The van der Waals surface area contributed by atoms with Gasteiger partial charge in [0, 0.05) is 7.11 Å². The predicted molar refractivity (Wildman–Crippen MR) is 66.4 cm³/mol. The summed E-state index contributed by atoms with van der Waals surface area (Å²) in [5, 5.41) is 11.2. The average molecular weight is 290 g/mol. The first-order chi connectivity index (χ1) is 8.86.